The van der Waals surface area contributed by atoms with Gasteiger partial charge in [0, 0.05) is 7.05 Å². The molecule has 1 rings (SSSR count). The minimum Gasteiger partial charge on any atom is -0.454 e. The molecule has 0 fully saturated rings. The number of ether oxygens (including phenoxy) is 1. The second-order valence-electron chi connectivity index (χ2n) is 4.57. The minimum absolute atomic E-state index is 0.288. The lowest BCUT2D eigenvalue weighted by Gasteiger charge is -2.19. The van der Waals surface area contributed by atoms with E-state index in [1.54, 1.807) is 0 Å². The molecule has 128 valence electrons. The highest BCUT2D eigenvalue weighted by atomic mass is 32.2. The summed E-state index contributed by atoms with van der Waals surface area (Å²) in [5.41, 5.74) is 0. The zero-order valence-corrected chi connectivity index (χ0v) is 13.3. The number of sulfonamides is 1. The number of amides is 1. The lowest BCUT2D eigenvalue weighted by molar-refractivity contribution is -0.152. The molecule has 10 heteroatoms. The normalized spacial score (nSPS) is 13.9. The molecular weight excluding hydrogens is 331 g/mol. The third kappa shape index (κ3) is 5.58. The Kier molecular flexibility index (Phi) is 6.61. The highest BCUT2D eigenvalue weighted by Crippen LogP contribution is 2.11. The molecule has 0 saturated heterocycles. The van der Waals surface area contributed by atoms with Crippen molar-refractivity contribution in [3.8, 4) is 0 Å². The van der Waals surface area contributed by atoms with Crippen LogP contribution in [0.2, 0.25) is 0 Å². The number of nitrogens with one attached hydrogen (secondary N) is 2. The summed E-state index contributed by atoms with van der Waals surface area (Å²) in [5.74, 6) is -2.33. The van der Waals surface area contributed by atoms with Crippen molar-refractivity contribution in [3.63, 3.8) is 0 Å². The van der Waals surface area contributed by atoms with Gasteiger partial charge in [-0.2, -0.15) is 4.72 Å². The van der Waals surface area contributed by atoms with Crippen LogP contribution >= 0.6 is 0 Å². The number of carbonyl (C=O) groups is 2. The maximum atomic E-state index is 12.8. The third-order valence-corrected chi connectivity index (χ3v) is 4.22. The van der Waals surface area contributed by atoms with E-state index >= 15 is 0 Å². The fourth-order valence-electron chi connectivity index (χ4n) is 1.49. The van der Waals surface area contributed by atoms with Gasteiger partial charge < -0.3 is 15.2 Å². The zero-order valence-electron chi connectivity index (χ0n) is 12.4. The Balaban J connectivity index is 2.88. The Hall–Kier alpha value is -2.04. The highest BCUT2D eigenvalue weighted by Gasteiger charge is 2.31. The Morgan fingerprint density at radius 3 is 2.35 bits per heavy atom. The van der Waals surface area contributed by atoms with Crippen molar-refractivity contribution in [3.05, 3.63) is 30.1 Å². The molecule has 0 unspecified atom stereocenters. The first-order valence-corrected chi connectivity index (χ1v) is 7.99. The average molecular weight is 348 g/mol. The van der Waals surface area contributed by atoms with Gasteiger partial charge in [0.15, 0.2) is 6.61 Å². The van der Waals surface area contributed by atoms with E-state index in [0.29, 0.717) is 0 Å². The van der Waals surface area contributed by atoms with E-state index < -0.39 is 46.5 Å². The number of likely N-dealkylation sites (N-methyl/N-ethyl adjacent to an activating group) is 1. The van der Waals surface area contributed by atoms with Crippen LogP contribution in [0.15, 0.2) is 29.2 Å². The van der Waals surface area contributed by atoms with Crippen molar-refractivity contribution in [1.29, 1.82) is 0 Å². The maximum Gasteiger partial charge on any atom is 0.327 e. The summed E-state index contributed by atoms with van der Waals surface area (Å²) in [4.78, 5) is 22.6. The van der Waals surface area contributed by atoms with Crippen LogP contribution in [0.5, 0.6) is 0 Å². The number of carbonyl (C=O) groups excluding carboxylic acids is 2. The number of hydrogen-bond acceptors (Lipinski definition) is 6. The fraction of sp³-hybridized carbons (Fsp3) is 0.385. The molecule has 23 heavy (non-hydrogen) atoms. The van der Waals surface area contributed by atoms with Crippen molar-refractivity contribution in [1.82, 2.24) is 10.0 Å². The molecule has 0 spiro atoms. The van der Waals surface area contributed by atoms with Crippen molar-refractivity contribution in [2.75, 3.05) is 13.7 Å². The molecule has 0 heterocycles. The molecule has 0 aliphatic heterocycles. The van der Waals surface area contributed by atoms with Crippen LogP contribution in [0.1, 0.15) is 6.92 Å². The number of rotatable bonds is 7. The Labute approximate surface area is 132 Å². The number of hydrogen-bond donors (Lipinski definition) is 3. The summed E-state index contributed by atoms with van der Waals surface area (Å²) in [6.45, 7) is 0.565. The number of esters is 1. The van der Waals surface area contributed by atoms with E-state index in [9.17, 15) is 27.5 Å². The lowest BCUT2D eigenvalue weighted by atomic mass is 10.2. The molecule has 0 bridgehead atoms. The van der Waals surface area contributed by atoms with E-state index in [4.69, 9.17) is 0 Å². The van der Waals surface area contributed by atoms with Gasteiger partial charge in [-0.3, -0.25) is 9.59 Å². The summed E-state index contributed by atoms with van der Waals surface area (Å²) in [6, 6.07) is 2.28. The molecule has 8 nitrogen and oxygen atoms in total. The number of halogens is 1. The first-order valence-electron chi connectivity index (χ1n) is 6.50. The van der Waals surface area contributed by atoms with Gasteiger partial charge in [-0.05, 0) is 31.2 Å². The quantitative estimate of drug-likeness (QED) is 0.552. The van der Waals surface area contributed by atoms with Crippen molar-refractivity contribution >= 4 is 21.9 Å². The molecule has 2 atom stereocenters. The van der Waals surface area contributed by atoms with Crippen LogP contribution in [0.4, 0.5) is 4.39 Å². The second kappa shape index (κ2) is 7.99. The van der Waals surface area contributed by atoms with Gasteiger partial charge in [-0.15, -0.1) is 0 Å². The van der Waals surface area contributed by atoms with Crippen LogP contribution in [0.3, 0.4) is 0 Å². The largest absolute Gasteiger partial charge is 0.454 e. The van der Waals surface area contributed by atoms with Crippen LogP contribution in [-0.2, 0) is 24.3 Å². The van der Waals surface area contributed by atoms with Crippen molar-refractivity contribution < 1.29 is 32.2 Å². The second-order valence-corrected chi connectivity index (χ2v) is 6.29. The molecule has 3 N–H and O–H groups in total. The molecule has 0 radical (unpaired) electrons. The summed E-state index contributed by atoms with van der Waals surface area (Å²) in [6.07, 6.45) is -1.41. The molecule has 0 aliphatic rings. The van der Waals surface area contributed by atoms with Crippen molar-refractivity contribution in [2.45, 2.75) is 24.0 Å². The fourth-order valence-corrected chi connectivity index (χ4v) is 2.75. The predicted molar refractivity (Wildman–Crippen MR) is 77.2 cm³/mol. The van der Waals surface area contributed by atoms with Gasteiger partial charge in [0.25, 0.3) is 5.91 Å². The summed E-state index contributed by atoms with van der Waals surface area (Å²) >= 11 is 0. The molecule has 0 aliphatic carbocycles. The van der Waals surface area contributed by atoms with Crippen LogP contribution in [0, 0.1) is 5.82 Å². The van der Waals surface area contributed by atoms with Gasteiger partial charge in [0.05, 0.1) is 11.0 Å². The molecule has 1 aromatic carbocycles. The van der Waals surface area contributed by atoms with E-state index in [-0.39, 0.29) is 4.90 Å². The van der Waals surface area contributed by atoms with Gasteiger partial charge in [-0.1, -0.05) is 0 Å². The molecule has 0 saturated carbocycles. The standard InChI is InChI=1S/C13H17FN2O6S/c1-8(17)12(13(19)22-7-11(18)15-2)16-23(20,21)10-5-3-9(14)4-6-10/h3-6,8,12,16-17H,7H2,1-2H3,(H,15,18)/t8-,12+/m1/s1. The third-order valence-electron chi connectivity index (χ3n) is 2.77. The monoisotopic (exact) mass is 348 g/mol. The Morgan fingerprint density at radius 2 is 1.87 bits per heavy atom. The Morgan fingerprint density at radius 1 is 1.30 bits per heavy atom. The summed E-state index contributed by atoms with van der Waals surface area (Å²) < 4.78 is 43.7. The molecular formula is C13H17FN2O6S. The van der Waals surface area contributed by atoms with E-state index in [1.165, 1.54) is 14.0 Å². The van der Waals surface area contributed by atoms with E-state index in [2.05, 4.69) is 10.1 Å². The number of benzene rings is 1. The molecule has 1 amide bonds. The average Bonchev–Trinajstić information content (AvgIpc) is 2.50. The first kappa shape index (κ1) is 19.0. The number of aliphatic hydroxyl groups is 1. The minimum atomic E-state index is -4.19. The Bertz CT molecular complexity index is 660. The van der Waals surface area contributed by atoms with Crippen LogP contribution in [0.25, 0.3) is 0 Å². The summed E-state index contributed by atoms with van der Waals surface area (Å²) in [7, 11) is -2.86. The van der Waals surface area contributed by atoms with Crippen LogP contribution < -0.4 is 10.0 Å². The van der Waals surface area contributed by atoms with Gasteiger partial charge >= 0.3 is 5.97 Å². The van der Waals surface area contributed by atoms with Crippen molar-refractivity contribution in [2.24, 2.45) is 0 Å². The van der Waals surface area contributed by atoms with Gasteiger partial charge in [0.2, 0.25) is 10.0 Å². The topological polar surface area (TPSA) is 122 Å². The maximum absolute atomic E-state index is 12.8. The predicted octanol–water partition coefficient (Wildman–Crippen LogP) is -0.857. The highest BCUT2D eigenvalue weighted by molar-refractivity contribution is 7.89. The van der Waals surface area contributed by atoms with E-state index in [0.717, 1.165) is 24.3 Å². The van der Waals surface area contributed by atoms with Gasteiger partial charge in [0.1, 0.15) is 11.9 Å². The SMILES string of the molecule is CNC(=O)COC(=O)[C@@H](NS(=O)(=O)c1ccc(F)cc1)[C@@H](C)O. The zero-order chi connectivity index (χ0) is 17.6. The number of aliphatic hydroxyl groups excluding tert-OH is 1. The van der Waals surface area contributed by atoms with Gasteiger partial charge in [-0.25, -0.2) is 12.8 Å². The smallest absolute Gasteiger partial charge is 0.327 e. The first-order chi connectivity index (χ1) is 10.7. The molecule has 0 aromatic heterocycles. The van der Waals surface area contributed by atoms with E-state index in [1.807, 2.05) is 4.72 Å². The summed E-state index contributed by atoms with van der Waals surface area (Å²) in [5, 5.41) is 11.8. The lowest BCUT2D eigenvalue weighted by Crippen LogP contribution is -2.49. The molecule has 1 aromatic rings. The van der Waals surface area contributed by atoms with Crippen LogP contribution in [-0.4, -0.2) is 51.2 Å².